The van der Waals surface area contributed by atoms with Crippen molar-refractivity contribution in [3.05, 3.63) is 46.2 Å². The molecule has 0 saturated carbocycles. The van der Waals surface area contributed by atoms with Gasteiger partial charge in [-0.2, -0.15) is 0 Å². The maximum atomic E-state index is 11.1. The molecule has 1 aliphatic heterocycles. The maximum Gasteiger partial charge on any atom is 0.223 e. The van der Waals surface area contributed by atoms with Crippen molar-refractivity contribution < 1.29 is 4.79 Å². The molecule has 0 radical (unpaired) electrons. The molecule has 1 N–H and O–H groups in total. The number of carbonyl (C=O) groups excluding carboxylic acids is 1. The number of thiazole rings is 1. The number of aromatic nitrogens is 2. The number of carbonyl (C=O) groups is 1. The van der Waals surface area contributed by atoms with Crippen LogP contribution in [0.3, 0.4) is 0 Å². The molecule has 2 aromatic heterocycles. The Morgan fingerprint density at radius 1 is 1.44 bits per heavy atom. The normalized spacial score (nSPS) is 20.2. The molecular formula is C19H22N4OS. The molecule has 1 atom stereocenters. The number of hydrogen-bond acceptors (Lipinski definition) is 5. The minimum absolute atomic E-state index is 0.0692. The first-order valence-corrected chi connectivity index (χ1v) is 9.58. The van der Waals surface area contributed by atoms with Crippen LogP contribution in [0.25, 0.3) is 6.08 Å². The Balaban J connectivity index is 1.39. The fraction of sp³-hybridized carbons (Fsp3) is 0.421. The predicted molar refractivity (Wildman–Crippen MR) is 100 cm³/mol. The number of piperidine rings is 1. The van der Waals surface area contributed by atoms with Crippen LogP contribution in [-0.4, -0.2) is 33.9 Å². The molecule has 25 heavy (non-hydrogen) atoms. The Hall–Kier alpha value is -2.05. The summed E-state index contributed by atoms with van der Waals surface area (Å²) in [5.41, 5.74) is 4.04. The van der Waals surface area contributed by atoms with Crippen LogP contribution in [0.2, 0.25) is 0 Å². The largest absolute Gasteiger partial charge is 0.302 e. The lowest BCUT2D eigenvalue weighted by Gasteiger charge is -2.33. The van der Waals surface area contributed by atoms with Gasteiger partial charge >= 0.3 is 0 Å². The average Bonchev–Trinajstić information content (AvgIpc) is 3.21. The Kier molecular flexibility index (Phi) is 4.63. The van der Waals surface area contributed by atoms with Gasteiger partial charge < -0.3 is 5.32 Å². The number of nitrogens with one attached hydrogen (secondary N) is 1. The van der Waals surface area contributed by atoms with Crippen molar-refractivity contribution in [1.29, 1.82) is 0 Å². The summed E-state index contributed by atoms with van der Waals surface area (Å²) in [6.45, 7) is 4.64. The molecule has 130 valence electrons. The molecule has 1 saturated heterocycles. The zero-order valence-corrected chi connectivity index (χ0v) is 15.2. The summed E-state index contributed by atoms with van der Waals surface area (Å²) < 4.78 is 0. The quantitative estimate of drug-likeness (QED) is 0.915. The number of anilines is 1. The van der Waals surface area contributed by atoms with E-state index in [0.29, 0.717) is 11.0 Å². The third-order valence-electron chi connectivity index (χ3n) is 4.89. The van der Waals surface area contributed by atoms with Gasteiger partial charge in [0.1, 0.15) is 0 Å². The lowest BCUT2D eigenvalue weighted by Crippen LogP contribution is -2.35. The first-order valence-electron chi connectivity index (χ1n) is 8.76. The van der Waals surface area contributed by atoms with E-state index in [1.165, 1.54) is 35.8 Å². The molecule has 1 fully saturated rings. The highest BCUT2D eigenvalue weighted by Gasteiger charge is 2.26. The van der Waals surface area contributed by atoms with Crippen molar-refractivity contribution in [1.82, 2.24) is 14.9 Å². The number of pyridine rings is 1. The molecule has 2 aliphatic rings. The Morgan fingerprint density at radius 3 is 3.20 bits per heavy atom. The van der Waals surface area contributed by atoms with Gasteiger partial charge in [0.2, 0.25) is 5.91 Å². The average molecular weight is 354 g/mol. The first-order chi connectivity index (χ1) is 12.2. The number of fused-ring (bicyclic) bond motifs is 1. The summed E-state index contributed by atoms with van der Waals surface area (Å²) >= 11 is 1.57. The van der Waals surface area contributed by atoms with Crippen LogP contribution >= 0.6 is 11.3 Å². The summed E-state index contributed by atoms with van der Waals surface area (Å²) in [7, 11) is 0. The third kappa shape index (κ3) is 3.80. The van der Waals surface area contributed by atoms with Crippen LogP contribution in [0, 0.1) is 5.92 Å². The molecule has 1 unspecified atom stereocenters. The van der Waals surface area contributed by atoms with Crippen LogP contribution in [0.5, 0.6) is 0 Å². The smallest absolute Gasteiger partial charge is 0.223 e. The van der Waals surface area contributed by atoms with E-state index in [4.69, 9.17) is 0 Å². The molecule has 6 heteroatoms. The predicted octanol–water partition coefficient (Wildman–Crippen LogP) is 3.35. The van der Waals surface area contributed by atoms with E-state index in [2.05, 4.69) is 32.3 Å². The maximum absolute atomic E-state index is 11.1. The van der Waals surface area contributed by atoms with E-state index < -0.39 is 0 Å². The van der Waals surface area contributed by atoms with Crippen LogP contribution < -0.4 is 5.32 Å². The molecule has 1 aliphatic carbocycles. The number of rotatable bonds is 4. The second-order valence-corrected chi connectivity index (χ2v) is 7.95. The summed E-state index contributed by atoms with van der Waals surface area (Å²) in [5, 5.41) is 3.45. The lowest BCUT2D eigenvalue weighted by atomic mass is 9.89. The second kappa shape index (κ2) is 7.06. The van der Waals surface area contributed by atoms with Crippen LogP contribution in [-0.2, 0) is 17.8 Å². The topological polar surface area (TPSA) is 58.1 Å². The SMILES string of the molecule is CC(=O)Nc1ncc(CN2CCCC(C3=Cc4ncccc4C3)C2)s1. The van der Waals surface area contributed by atoms with E-state index in [1.54, 1.807) is 11.3 Å². The van der Waals surface area contributed by atoms with Gasteiger partial charge in [-0.05, 0) is 49.4 Å². The molecule has 3 heterocycles. The number of nitrogens with zero attached hydrogens (tertiary/aromatic N) is 3. The molecule has 1 amide bonds. The molecule has 5 nitrogen and oxygen atoms in total. The summed E-state index contributed by atoms with van der Waals surface area (Å²) in [6.07, 6.45) is 9.59. The van der Waals surface area contributed by atoms with Gasteiger partial charge in [0, 0.05) is 37.3 Å². The van der Waals surface area contributed by atoms with E-state index >= 15 is 0 Å². The first kappa shape index (κ1) is 16.4. The highest BCUT2D eigenvalue weighted by atomic mass is 32.1. The fourth-order valence-electron chi connectivity index (χ4n) is 3.75. The third-order valence-corrected chi connectivity index (χ3v) is 5.79. The van der Waals surface area contributed by atoms with Crippen LogP contribution in [0.1, 0.15) is 35.9 Å². The molecule has 0 aromatic carbocycles. The van der Waals surface area contributed by atoms with Gasteiger partial charge in [-0.1, -0.05) is 11.6 Å². The van der Waals surface area contributed by atoms with E-state index in [1.807, 2.05) is 18.5 Å². The summed E-state index contributed by atoms with van der Waals surface area (Å²) in [4.78, 5) is 23.6. The zero-order chi connectivity index (χ0) is 17.2. The van der Waals surface area contributed by atoms with Crippen molar-refractivity contribution in [2.45, 2.75) is 32.7 Å². The number of hydrogen-bond donors (Lipinski definition) is 1. The Morgan fingerprint density at radius 2 is 2.36 bits per heavy atom. The van der Waals surface area contributed by atoms with E-state index in [-0.39, 0.29) is 5.91 Å². The minimum atomic E-state index is -0.0692. The summed E-state index contributed by atoms with van der Waals surface area (Å²) in [6, 6.07) is 4.21. The second-order valence-electron chi connectivity index (χ2n) is 6.83. The van der Waals surface area contributed by atoms with Gasteiger partial charge in [0.25, 0.3) is 0 Å². The standard InChI is InChI=1S/C19H22N4OS/c1-13(24)22-19-21-10-17(25-19)12-23-7-3-5-15(11-23)16-8-14-4-2-6-20-18(14)9-16/h2,4,6,9-10,15H,3,5,7-8,11-12H2,1H3,(H,21,22,24). The van der Waals surface area contributed by atoms with Crippen molar-refractivity contribution in [3.8, 4) is 0 Å². The number of amides is 1. The van der Waals surface area contributed by atoms with Gasteiger partial charge in [-0.15, -0.1) is 11.3 Å². The van der Waals surface area contributed by atoms with Crippen LogP contribution in [0.4, 0.5) is 5.13 Å². The van der Waals surface area contributed by atoms with Gasteiger partial charge in [0.05, 0.1) is 5.69 Å². The van der Waals surface area contributed by atoms with Crippen molar-refractivity contribution in [2.75, 3.05) is 18.4 Å². The van der Waals surface area contributed by atoms with Crippen molar-refractivity contribution in [2.24, 2.45) is 5.92 Å². The zero-order valence-electron chi connectivity index (χ0n) is 14.4. The summed E-state index contributed by atoms with van der Waals surface area (Å²) in [5.74, 6) is 0.547. The highest BCUT2D eigenvalue weighted by Crippen LogP contribution is 2.33. The lowest BCUT2D eigenvalue weighted by molar-refractivity contribution is -0.114. The highest BCUT2D eigenvalue weighted by molar-refractivity contribution is 7.15. The monoisotopic (exact) mass is 354 g/mol. The fourth-order valence-corrected chi connectivity index (χ4v) is 4.65. The molecule has 2 aromatic rings. The van der Waals surface area contributed by atoms with Crippen LogP contribution in [0.15, 0.2) is 30.1 Å². The molecular weight excluding hydrogens is 332 g/mol. The molecule has 0 spiro atoms. The molecule has 0 bridgehead atoms. The van der Waals surface area contributed by atoms with Gasteiger partial charge in [0.15, 0.2) is 5.13 Å². The van der Waals surface area contributed by atoms with Gasteiger partial charge in [-0.3, -0.25) is 14.7 Å². The van der Waals surface area contributed by atoms with Crippen molar-refractivity contribution >= 4 is 28.5 Å². The Labute approximate surface area is 151 Å². The minimum Gasteiger partial charge on any atom is -0.302 e. The molecule has 4 rings (SSSR count). The van der Waals surface area contributed by atoms with E-state index in [0.717, 1.165) is 31.7 Å². The van der Waals surface area contributed by atoms with Crippen molar-refractivity contribution in [3.63, 3.8) is 0 Å². The van der Waals surface area contributed by atoms with E-state index in [9.17, 15) is 4.79 Å². The number of likely N-dealkylation sites (tertiary alicyclic amines) is 1. The Bertz CT molecular complexity index is 813. The van der Waals surface area contributed by atoms with Gasteiger partial charge in [-0.25, -0.2) is 4.98 Å².